The smallest absolute Gasteiger partial charge is 0.264 e. The first kappa shape index (κ1) is 16.1. The van der Waals surface area contributed by atoms with Crippen molar-refractivity contribution in [3.05, 3.63) is 59.7 Å². The molecule has 1 N–H and O–H groups in total. The molecule has 24 heavy (non-hydrogen) atoms. The summed E-state index contributed by atoms with van der Waals surface area (Å²) >= 11 is 0. The summed E-state index contributed by atoms with van der Waals surface area (Å²) in [4.78, 5) is 25.3. The molecule has 2 aromatic carbocycles. The Labute approximate surface area is 141 Å². The molecule has 1 aliphatic heterocycles. The van der Waals surface area contributed by atoms with Gasteiger partial charge in [-0.25, -0.2) is 0 Å². The monoisotopic (exact) mass is 324 g/mol. The molecular formula is C19H20N2O3. The van der Waals surface area contributed by atoms with Gasteiger partial charge in [0.1, 0.15) is 5.75 Å². The molecule has 0 spiro atoms. The van der Waals surface area contributed by atoms with Crippen LogP contribution in [0.3, 0.4) is 0 Å². The van der Waals surface area contributed by atoms with Crippen molar-refractivity contribution in [1.82, 2.24) is 5.32 Å². The van der Waals surface area contributed by atoms with Gasteiger partial charge >= 0.3 is 0 Å². The van der Waals surface area contributed by atoms with E-state index < -0.39 is 0 Å². The highest BCUT2D eigenvalue weighted by atomic mass is 16.5. The van der Waals surface area contributed by atoms with E-state index in [1.807, 2.05) is 48.5 Å². The van der Waals surface area contributed by atoms with Crippen molar-refractivity contribution in [2.75, 3.05) is 25.1 Å². The van der Waals surface area contributed by atoms with Crippen molar-refractivity contribution in [3.8, 4) is 5.75 Å². The van der Waals surface area contributed by atoms with E-state index in [1.54, 1.807) is 11.9 Å². The molecule has 0 fully saturated rings. The van der Waals surface area contributed by atoms with Gasteiger partial charge in [-0.3, -0.25) is 9.59 Å². The average Bonchev–Trinajstić information content (AvgIpc) is 2.59. The quantitative estimate of drug-likeness (QED) is 0.914. The maximum atomic E-state index is 12.1. The van der Waals surface area contributed by atoms with Gasteiger partial charge < -0.3 is 15.0 Å². The zero-order chi connectivity index (χ0) is 16.9. The number of nitrogens with zero attached hydrogens (tertiary/aromatic N) is 1. The Balaban J connectivity index is 1.56. The second-order valence-electron chi connectivity index (χ2n) is 5.81. The van der Waals surface area contributed by atoms with Crippen LogP contribution >= 0.6 is 0 Å². The Bertz CT molecular complexity index is 744. The number of ether oxygens (including phenoxy) is 1. The normalized spacial score (nSPS) is 13.2. The van der Waals surface area contributed by atoms with E-state index in [2.05, 4.69) is 5.32 Å². The number of rotatable bonds is 5. The van der Waals surface area contributed by atoms with Crippen LogP contribution in [0, 0.1) is 0 Å². The number of nitrogens with one attached hydrogen (secondary N) is 1. The van der Waals surface area contributed by atoms with E-state index in [1.165, 1.54) is 5.56 Å². The van der Waals surface area contributed by atoms with Crippen LogP contribution in [0.1, 0.15) is 11.1 Å². The molecule has 1 heterocycles. The van der Waals surface area contributed by atoms with E-state index in [4.69, 9.17) is 4.74 Å². The molecule has 0 bridgehead atoms. The van der Waals surface area contributed by atoms with E-state index in [-0.39, 0.29) is 24.8 Å². The molecule has 2 amide bonds. The first-order valence-electron chi connectivity index (χ1n) is 7.96. The summed E-state index contributed by atoms with van der Waals surface area (Å²) in [5.41, 5.74) is 2.76. The Kier molecular flexibility index (Phi) is 4.79. The van der Waals surface area contributed by atoms with Gasteiger partial charge in [-0.2, -0.15) is 0 Å². The Hall–Kier alpha value is -2.82. The molecule has 0 saturated heterocycles. The van der Waals surface area contributed by atoms with Crippen LogP contribution < -0.4 is 15.0 Å². The zero-order valence-corrected chi connectivity index (χ0v) is 13.6. The lowest BCUT2D eigenvalue weighted by molar-refractivity contribution is -0.121. The van der Waals surface area contributed by atoms with Gasteiger partial charge in [0.25, 0.3) is 5.91 Å². The highest BCUT2D eigenvalue weighted by Gasteiger charge is 2.22. The fourth-order valence-electron chi connectivity index (χ4n) is 2.67. The second-order valence-corrected chi connectivity index (χ2v) is 5.81. The van der Waals surface area contributed by atoms with E-state index >= 15 is 0 Å². The topological polar surface area (TPSA) is 58.6 Å². The first-order valence-corrected chi connectivity index (χ1v) is 7.96. The third kappa shape index (κ3) is 3.74. The van der Waals surface area contributed by atoms with Crippen LogP contribution in [-0.4, -0.2) is 32.0 Å². The lowest BCUT2D eigenvalue weighted by Crippen LogP contribution is -2.35. The van der Waals surface area contributed by atoms with Crippen LogP contribution in [0.2, 0.25) is 0 Å². The van der Waals surface area contributed by atoms with Crippen LogP contribution in [0.25, 0.3) is 0 Å². The molecule has 0 aromatic heterocycles. The molecule has 0 atom stereocenters. The predicted octanol–water partition coefficient (Wildman–Crippen LogP) is 1.94. The third-order valence-electron chi connectivity index (χ3n) is 4.05. The molecule has 124 valence electrons. The number of anilines is 1. The summed E-state index contributed by atoms with van der Waals surface area (Å²) < 4.78 is 5.39. The summed E-state index contributed by atoms with van der Waals surface area (Å²) in [5.74, 6) is 0.550. The lowest BCUT2D eigenvalue weighted by atomic mass is 10.1. The standard InChI is InChI=1S/C19H20N2O3/c1-21-16-11-15(7-8-17(16)24-13-19(21)23)12-18(22)20-10-9-14-5-3-2-4-6-14/h2-8,11H,9-10,12-13H2,1H3,(H,20,22). The molecule has 1 aliphatic rings. The van der Waals surface area contributed by atoms with Crippen LogP contribution in [-0.2, 0) is 22.4 Å². The van der Waals surface area contributed by atoms with Gasteiger partial charge in [0, 0.05) is 13.6 Å². The van der Waals surface area contributed by atoms with Crippen LogP contribution in [0.15, 0.2) is 48.5 Å². The summed E-state index contributed by atoms with van der Waals surface area (Å²) in [6.45, 7) is 0.665. The Morgan fingerprint density at radius 2 is 1.96 bits per heavy atom. The van der Waals surface area contributed by atoms with E-state index in [9.17, 15) is 9.59 Å². The van der Waals surface area contributed by atoms with Gasteiger partial charge in [0.05, 0.1) is 12.1 Å². The highest BCUT2D eigenvalue weighted by molar-refractivity contribution is 5.97. The summed E-state index contributed by atoms with van der Waals surface area (Å²) in [6.07, 6.45) is 1.09. The third-order valence-corrected chi connectivity index (χ3v) is 4.05. The van der Waals surface area contributed by atoms with Gasteiger partial charge in [0.2, 0.25) is 5.91 Å². The lowest BCUT2D eigenvalue weighted by Gasteiger charge is -2.26. The predicted molar refractivity (Wildman–Crippen MR) is 92.2 cm³/mol. The van der Waals surface area contributed by atoms with Crippen molar-refractivity contribution in [2.24, 2.45) is 0 Å². The minimum Gasteiger partial charge on any atom is -0.482 e. The summed E-state index contributed by atoms with van der Waals surface area (Å²) in [5, 5.41) is 2.93. The first-order chi connectivity index (χ1) is 11.6. The van der Waals surface area contributed by atoms with Crippen molar-refractivity contribution < 1.29 is 14.3 Å². The second kappa shape index (κ2) is 7.17. The maximum Gasteiger partial charge on any atom is 0.264 e. The molecule has 0 aliphatic carbocycles. The van der Waals surface area contributed by atoms with Crippen molar-refractivity contribution >= 4 is 17.5 Å². The van der Waals surface area contributed by atoms with Gasteiger partial charge in [-0.05, 0) is 29.7 Å². The van der Waals surface area contributed by atoms with Gasteiger partial charge in [-0.15, -0.1) is 0 Å². The van der Waals surface area contributed by atoms with Gasteiger partial charge in [0.15, 0.2) is 6.61 Å². The number of hydrogen-bond acceptors (Lipinski definition) is 3. The van der Waals surface area contributed by atoms with Crippen molar-refractivity contribution in [3.63, 3.8) is 0 Å². The average molecular weight is 324 g/mol. The minimum absolute atomic E-state index is 0.0309. The molecule has 2 aromatic rings. The highest BCUT2D eigenvalue weighted by Crippen LogP contribution is 2.32. The number of hydrogen-bond donors (Lipinski definition) is 1. The van der Waals surface area contributed by atoms with Crippen molar-refractivity contribution in [1.29, 1.82) is 0 Å². The van der Waals surface area contributed by atoms with Gasteiger partial charge in [-0.1, -0.05) is 36.4 Å². The Morgan fingerprint density at radius 1 is 1.17 bits per heavy atom. The number of carbonyl (C=O) groups excluding carboxylic acids is 2. The van der Waals surface area contributed by atoms with Crippen LogP contribution in [0.5, 0.6) is 5.75 Å². The molecule has 5 nitrogen and oxygen atoms in total. The molecule has 3 rings (SSSR count). The largest absolute Gasteiger partial charge is 0.482 e. The number of fused-ring (bicyclic) bond motifs is 1. The van der Waals surface area contributed by atoms with E-state index in [0.29, 0.717) is 18.0 Å². The SMILES string of the molecule is CN1C(=O)COc2ccc(CC(=O)NCCc3ccccc3)cc21. The zero-order valence-electron chi connectivity index (χ0n) is 13.6. The summed E-state index contributed by atoms with van der Waals surface area (Å²) in [7, 11) is 1.72. The van der Waals surface area contributed by atoms with E-state index in [0.717, 1.165) is 12.0 Å². The number of benzene rings is 2. The van der Waals surface area contributed by atoms with Crippen molar-refractivity contribution in [2.45, 2.75) is 12.8 Å². The van der Waals surface area contributed by atoms with Crippen LogP contribution in [0.4, 0.5) is 5.69 Å². The maximum absolute atomic E-state index is 12.1. The molecule has 0 saturated carbocycles. The molecular weight excluding hydrogens is 304 g/mol. The molecule has 0 radical (unpaired) electrons. The summed E-state index contributed by atoms with van der Waals surface area (Å²) in [6, 6.07) is 15.6. The number of carbonyl (C=O) groups is 2. The molecule has 0 unspecified atom stereocenters. The molecule has 5 heteroatoms. The fraction of sp³-hybridized carbons (Fsp3) is 0.263. The fourth-order valence-corrected chi connectivity index (χ4v) is 2.67. The Morgan fingerprint density at radius 3 is 2.75 bits per heavy atom. The number of amides is 2. The number of likely N-dealkylation sites (N-methyl/N-ethyl adjacent to an activating group) is 1. The minimum atomic E-state index is -0.0908.